The molecule has 0 unspecified atom stereocenters. The van der Waals surface area contributed by atoms with Crippen molar-refractivity contribution in [2.45, 2.75) is 6.42 Å². The largest absolute Gasteiger partial charge is 0.294 e. The van der Waals surface area contributed by atoms with Crippen LogP contribution in [0.25, 0.3) is 16.9 Å². The van der Waals surface area contributed by atoms with Crippen LogP contribution in [0.4, 0.5) is 0 Å². The molecule has 4 heteroatoms. The second kappa shape index (κ2) is 7.84. The van der Waals surface area contributed by atoms with Gasteiger partial charge < -0.3 is 0 Å². The summed E-state index contributed by atoms with van der Waals surface area (Å²) >= 11 is 0. The summed E-state index contributed by atoms with van der Waals surface area (Å²) in [7, 11) is 0. The number of hydrogen-bond acceptors (Lipinski definition) is 3. The summed E-state index contributed by atoms with van der Waals surface area (Å²) in [5.41, 5.74) is 3.43. The van der Waals surface area contributed by atoms with E-state index in [1.54, 1.807) is 35.0 Å². The van der Waals surface area contributed by atoms with Crippen LogP contribution in [0.2, 0.25) is 0 Å². The maximum Gasteiger partial charge on any atom is 0.190 e. The molecule has 1 heterocycles. The first kappa shape index (κ1) is 17.6. The van der Waals surface area contributed by atoms with Crippen LogP contribution in [0.15, 0.2) is 97.1 Å². The number of carbonyl (C=O) groups is 2. The smallest absolute Gasteiger partial charge is 0.190 e. The van der Waals surface area contributed by atoms with Gasteiger partial charge in [0.1, 0.15) is 5.69 Å². The van der Waals surface area contributed by atoms with Crippen LogP contribution in [0, 0.1) is 0 Å². The van der Waals surface area contributed by atoms with Crippen LogP contribution in [-0.2, 0) is 0 Å². The van der Waals surface area contributed by atoms with E-state index in [1.165, 1.54) is 0 Å². The van der Waals surface area contributed by atoms with Crippen LogP contribution in [0.1, 0.15) is 27.3 Å². The molecule has 28 heavy (non-hydrogen) atoms. The molecule has 3 aromatic carbocycles. The van der Waals surface area contributed by atoms with Gasteiger partial charge in [-0.1, -0.05) is 78.9 Å². The van der Waals surface area contributed by atoms with E-state index in [2.05, 4.69) is 5.10 Å². The molecule has 0 saturated carbocycles. The highest BCUT2D eigenvalue weighted by Gasteiger charge is 2.19. The first-order valence-electron chi connectivity index (χ1n) is 9.05. The Morgan fingerprint density at radius 2 is 1.29 bits per heavy atom. The van der Waals surface area contributed by atoms with Gasteiger partial charge in [0.05, 0.1) is 17.8 Å². The van der Waals surface area contributed by atoms with Crippen molar-refractivity contribution in [3.63, 3.8) is 0 Å². The summed E-state index contributed by atoms with van der Waals surface area (Å²) in [6, 6.07) is 30.0. The molecular formula is C24H18N2O2. The van der Waals surface area contributed by atoms with E-state index in [-0.39, 0.29) is 23.7 Å². The van der Waals surface area contributed by atoms with Gasteiger partial charge in [-0.2, -0.15) is 5.10 Å². The molecule has 0 N–H and O–H groups in total. The highest BCUT2D eigenvalue weighted by molar-refractivity contribution is 6.13. The average Bonchev–Trinajstić information content (AvgIpc) is 3.21. The predicted octanol–water partition coefficient (Wildman–Crippen LogP) is 5.00. The summed E-state index contributed by atoms with van der Waals surface area (Å²) in [5, 5.41) is 4.52. The van der Waals surface area contributed by atoms with Gasteiger partial charge in [0.15, 0.2) is 11.6 Å². The molecule has 0 bridgehead atoms. The maximum absolute atomic E-state index is 12.8. The molecular weight excluding hydrogens is 348 g/mol. The van der Waals surface area contributed by atoms with Crippen LogP contribution in [0.5, 0.6) is 0 Å². The Kier molecular flexibility index (Phi) is 4.93. The number of Topliss-reactive ketones (excluding diaryl/α,β-unsaturated/α-hetero) is 2. The minimum absolute atomic E-state index is 0.204. The SMILES string of the molecule is O=C(CC(=O)c1cc(-c2ccccc2)n(-c2ccccc2)n1)c1ccccc1. The zero-order valence-corrected chi connectivity index (χ0v) is 15.2. The fraction of sp³-hybridized carbons (Fsp3) is 0.0417. The number of benzene rings is 3. The Balaban J connectivity index is 1.69. The molecule has 0 saturated heterocycles. The second-order valence-corrected chi connectivity index (χ2v) is 6.42. The summed E-state index contributed by atoms with van der Waals surface area (Å²) in [6.07, 6.45) is -0.204. The molecule has 0 aliphatic rings. The van der Waals surface area contributed by atoms with Gasteiger partial charge in [0.25, 0.3) is 0 Å². The number of hydrogen-bond donors (Lipinski definition) is 0. The Hall–Kier alpha value is -3.79. The fourth-order valence-electron chi connectivity index (χ4n) is 3.06. The minimum atomic E-state index is -0.291. The van der Waals surface area contributed by atoms with Crippen molar-refractivity contribution in [3.8, 4) is 16.9 Å². The number of para-hydroxylation sites is 1. The summed E-state index contributed by atoms with van der Waals surface area (Å²) in [4.78, 5) is 25.2. The Labute approximate surface area is 163 Å². The van der Waals surface area contributed by atoms with Gasteiger partial charge >= 0.3 is 0 Å². The lowest BCUT2D eigenvalue weighted by atomic mass is 10.0. The third-order valence-corrected chi connectivity index (χ3v) is 4.48. The maximum atomic E-state index is 12.8. The topological polar surface area (TPSA) is 52.0 Å². The monoisotopic (exact) mass is 366 g/mol. The van der Waals surface area contributed by atoms with Crippen molar-refractivity contribution in [2.24, 2.45) is 0 Å². The number of nitrogens with zero attached hydrogens (tertiary/aromatic N) is 2. The number of ketones is 2. The van der Waals surface area contributed by atoms with E-state index >= 15 is 0 Å². The molecule has 0 aliphatic heterocycles. The van der Waals surface area contributed by atoms with Crippen molar-refractivity contribution >= 4 is 11.6 Å². The normalized spacial score (nSPS) is 10.6. The van der Waals surface area contributed by atoms with E-state index in [4.69, 9.17) is 0 Å². The minimum Gasteiger partial charge on any atom is -0.294 e. The number of rotatable bonds is 6. The molecule has 136 valence electrons. The summed E-state index contributed by atoms with van der Waals surface area (Å²) in [5.74, 6) is -0.498. The quantitative estimate of drug-likeness (QED) is 0.357. The predicted molar refractivity (Wildman–Crippen MR) is 109 cm³/mol. The first-order chi connectivity index (χ1) is 13.7. The lowest BCUT2D eigenvalue weighted by Gasteiger charge is -2.07. The molecule has 0 aliphatic carbocycles. The van der Waals surface area contributed by atoms with Crippen LogP contribution in [-0.4, -0.2) is 21.3 Å². The highest BCUT2D eigenvalue weighted by Crippen LogP contribution is 2.24. The lowest BCUT2D eigenvalue weighted by Crippen LogP contribution is -2.09. The highest BCUT2D eigenvalue weighted by atomic mass is 16.1. The van der Waals surface area contributed by atoms with Crippen LogP contribution < -0.4 is 0 Å². The Morgan fingerprint density at radius 3 is 1.93 bits per heavy atom. The average molecular weight is 366 g/mol. The van der Waals surface area contributed by atoms with E-state index < -0.39 is 0 Å². The Bertz CT molecular complexity index is 1040. The van der Waals surface area contributed by atoms with E-state index in [9.17, 15) is 9.59 Å². The Morgan fingerprint density at radius 1 is 0.714 bits per heavy atom. The first-order valence-corrected chi connectivity index (χ1v) is 9.05. The van der Waals surface area contributed by atoms with Gasteiger partial charge in [-0.05, 0) is 18.2 Å². The molecule has 4 aromatic rings. The van der Waals surface area contributed by atoms with Crippen molar-refractivity contribution < 1.29 is 9.59 Å². The molecule has 4 nitrogen and oxygen atoms in total. The van der Waals surface area contributed by atoms with E-state index in [0.29, 0.717) is 5.56 Å². The van der Waals surface area contributed by atoms with Gasteiger partial charge in [-0.15, -0.1) is 0 Å². The molecule has 1 aromatic heterocycles. The van der Waals surface area contributed by atoms with Crippen molar-refractivity contribution in [1.82, 2.24) is 9.78 Å². The molecule has 4 rings (SSSR count). The van der Waals surface area contributed by atoms with E-state index in [1.807, 2.05) is 66.7 Å². The second-order valence-electron chi connectivity index (χ2n) is 6.42. The molecule has 0 amide bonds. The van der Waals surface area contributed by atoms with Crippen molar-refractivity contribution in [2.75, 3.05) is 0 Å². The van der Waals surface area contributed by atoms with Gasteiger partial charge in [-0.25, -0.2) is 4.68 Å². The molecule has 0 atom stereocenters. The molecule has 0 fully saturated rings. The van der Waals surface area contributed by atoms with Gasteiger partial charge in [-0.3, -0.25) is 9.59 Å². The number of aromatic nitrogens is 2. The van der Waals surface area contributed by atoms with E-state index in [0.717, 1.165) is 16.9 Å². The third-order valence-electron chi connectivity index (χ3n) is 4.48. The van der Waals surface area contributed by atoms with Crippen molar-refractivity contribution in [1.29, 1.82) is 0 Å². The summed E-state index contributed by atoms with van der Waals surface area (Å²) in [6.45, 7) is 0. The lowest BCUT2D eigenvalue weighted by molar-refractivity contribution is 0.0891. The van der Waals surface area contributed by atoms with Crippen LogP contribution in [0.3, 0.4) is 0 Å². The third kappa shape index (κ3) is 3.67. The standard InChI is InChI=1S/C24H18N2O2/c27-23(19-12-6-2-7-13-19)17-24(28)21-16-22(18-10-4-1-5-11-18)26(25-21)20-14-8-3-9-15-20/h1-16H,17H2. The van der Waals surface area contributed by atoms with Gasteiger partial charge in [0.2, 0.25) is 0 Å². The summed E-state index contributed by atoms with van der Waals surface area (Å²) < 4.78 is 1.75. The number of carbonyl (C=O) groups excluding carboxylic acids is 2. The van der Waals surface area contributed by atoms with Crippen LogP contribution >= 0.6 is 0 Å². The fourth-order valence-corrected chi connectivity index (χ4v) is 3.06. The van der Waals surface area contributed by atoms with Crippen molar-refractivity contribution in [3.05, 3.63) is 108 Å². The van der Waals surface area contributed by atoms with Gasteiger partial charge in [0, 0.05) is 11.1 Å². The molecule has 0 radical (unpaired) electrons. The zero-order valence-electron chi connectivity index (χ0n) is 15.2. The molecule has 0 spiro atoms. The zero-order chi connectivity index (χ0) is 19.3.